The maximum Gasteiger partial charge on any atom is 0.273 e. The first-order chi connectivity index (χ1) is 10.4. The molecular weight excluding hydrogens is 282 g/mol. The fourth-order valence-electron chi connectivity index (χ4n) is 2.11. The van der Waals surface area contributed by atoms with Crippen LogP contribution in [0, 0.1) is 5.92 Å². The second-order valence-corrected chi connectivity index (χ2v) is 5.79. The van der Waals surface area contributed by atoms with Crippen LogP contribution in [0.25, 0.3) is 10.8 Å². The Morgan fingerprint density at radius 3 is 2.45 bits per heavy atom. The highest BCUT2D eigenvalue weighted by molar-refractivity contribution is 5.80. The number of fused-ring (bicyclic) bond motifs is 1. The molecule has 0 aliphatic carbocycles. The van der Waals surface area contributed by atoms with Crippen LogP contribution >= 0.6 is 0 Å². The van der Waals surface area contributed by atoms with Gasteiger partial charge in [-0.05, 0) is 25.0 Å². The van der Waals surface area contributed by atoms with E-state index in [-0.39, 0.29) is 36.0 Å². The summed E-state index contributed by atoms with van der Waals surface area (Å²) in [5.74, 6) is 0.203. The number of rotatable bonds is 5. The van der Waals surface area contributed by atoms with E-state index < -0.39 is 0 Å². The summed E-state index contributed by atoms with van der Waals surface area (Å²) < 4.78 is 1.20. The largest absolute Gasteiger partial charge is 0.353 e. The van der Waals surface area contributed by atoms with Crippen molar-refractivity contribution >= 4 is 16.7 Å². The van der Waals surface area contributed by atoms with Gasteiger partial charge in [-0.15, -0.1) is 0 Å². The molecule has 6 heteroatoms. The zero-order chi connectivity index (χ0) is 16.3. The van der Waals surface area contributed by atoms with Crippen molar-refractivity contribution in [2.24, 2.45) is 5.92 Å². The number of carbonyl (C=O) groups excluding carboxylic acids is 1. The first-order valence-corrected chi connectivity index (χ1v) is 7.41. The summed E-state index contributed by atoms with van der Waals surface area (Å²) >= 11 is 0. The molecule has 1 heterocycles. The molecule has 0 aliphatic rings. The number of amides is 1. The smallest absolute Gasteiger partial charge is 0.273 e. The molecule has 1 aromatic heterocycles. The van der Waals surface area contributed by atoms with E-state index in [0.717, 1.165) is 0 Å². The molecule has 0 saturated carbocycles. The highest BCUT2D eigenvalue weighted by Gasteiger charge is 2.12. The molecule has 0 spiro atoms. The van der Waals surface area contributed by atoms with Gasteiger partial charge >= 0.3 is 0 Å². The standard InChI is InChI=1S/C16H21N3O3/c1-10(2)11(3)17-14(20)8-9-19-16(22)13-7-5-4-6-12(13)15(21)18-19/h4-7,10-11H,8-9H2,1-3H3,(H,17,20)(H,18,21). The summed E-state index contributed by atoms with van der Waals surface area (Å²) in [5.41, 5.74) is -0.619. The van der Waals surface area contributed by atoms with Crippen LogP contribution in [0.3, 0.4) is 0 Å². The zero-order valence-electron chi connectivity index (χ0n) is 13.1. The first-order valence-electron chi connectivity index (χ1n) is 7.41. The topological polar surface area (TPSA) is 84.0 Å². The Morgan fingerprint density at radius 2 is 1.82 bits per heavy atom. The van der Waals surface area contributed by atoms with Gasteiger partial charge in [-0.25, -0.2) is 4.68 Å². The number of aromatic amines is 1. The third kappa shape index (κ3) is 3.44. The highest BCUT2D eigenvalue weighted by Crippen LogP contribution is 2.03. The fourth-order valence-corrected chi connectivity index (χ4v) is 2.11. The van der Waals surface area contributed by atoms with Gasteiger partial charge in [-0.3, -0.25) is 19.5 Å². The van der Waals surface area contributed by atoms with Gasteiger partial charge in [0.2, 0.25) is 5.91 Å². The third-order valence-corrected chi connectivity index (χ3v) is 3.83. The number of aromatic nitrogens is 2. The summed E-state index contributed by atoms with van der Waals surface area (Å²) in [6.45, 7) is 6.13. The molecule has 1 atom stereocenters. The van der Waals surface area contributed by atoms with Crippen molar-refractivity contribution in [3.8, 4) is 0 Å². The Hall–Kier alpha value is -2.37. The lowest BCUT2D eigenvalue weighted by Gasteiger charge is -2.17. The Balaban J connectivity index is 2.16. The monoisotopic (exact) mass is 303 g/mol. The number of nitrogens with zero attached hydrogens (tertiary/aromatic N) is 1. The molecule has 6 nitrogen and oxygen atoms in total. The number of benzene rings is 1. The molecule has 0 fully saturated rings. The Morgan fingerprint density at radius 1 is 1.18 bits per heavy atom. The third-order valence-electron chi connectivity index (χ3n) is 3.83. The van der Waals surface area contributed by atoms with Crippen molar-refractivity contribution in [2.45, 2.75) is 39.8 Å². The van der Waals surface area contributed by atoms with Crippen LogP contribution in [0.5, 0.6) is 0 Å². The van der Waals surface area contributed by atoms with Crippen LogP contribution in [0.4, 0.5) is 0 Å². The predicted molar refractivity (Wildman–Crippen MR) is 85.9 cm³/mol. The molecule has 22 heavy (non-hydrogen) atoms. The van der Waals surface area contributed by atoms with Crippen molar-refractivity contribution in [1.29, 1.82) is 0 Å². The molecule has 1 aromatic carbocycles. The van der Waals surface area contributed by atoms with E-state index in [0.29, 0.717) is 16.7 Å². The lowest BCUT2D eigenvalue weighted by atomic mass is 10.1. The van der Waals surface area contributed by atoms with E-state index in [1.165, 1.54) is 4.68 Å². The lowest BCUT2D eigenvalue weighted by molar-refractivity contribution is -0.122. The van der Waals surface area contributed by atoms with Crippen molar-refractivity contribution in [2.75, 3.05) is 0 Å². The minimum atomic E-state index is -0.328. The predicted octanol–water partition coefficient (Wildman–Crippen LogP) is 1.24. The molecule has 2 N–H and O–H groups in total. The van der Waals surface area contributed by atoms with E-state index in [1.54, 1.807) is 24.3 Å². The number of carbonyl (C=O) groups is 1. The molecule has 1 amide bonds. The Bertz CT molecular complexity index is 789. The summed E-state index contributed by atoms with van der Waals surface area (Å²) in [7, 11) is 0. The van der Waals surface area contributed by atoms with E-state index in [4.69, 9.17) is 0 Å². The molecule has 0 radical (unpaired) electrons. The lowest BCUT2D eigenvalue weighted by Crippen LogP contribution is -2.37. The molecule has 1 unspecified atom stereocenters. The van der Waals surface area contributed by atoms with E-state index in [2.05, 4.69) is 10.4 Å². The van der Waals surface area contributed by atoms with Gasteiger partial charge in [0.25, 0.3) is 11.1 Å². The molecule has 118 valence electrons. The van der Waals surface area contributed by atoms with Gasteiger partial charge in [-0.2, -0.15) is 0 Å². The van der Waals surface area contributed by atoms with Gasteiger partial charge < -0.3 is 5.32 Å². The Labute approximate surface area is 128 Å². The van der Waals surface area contributed by atoms with Crippen LogP contribution in [0.2, 0.25) is 0 Å². The van der Waals surface area contributed by atoms with Crippen LogP contribution < -0.4 is 16.4 Å². The maximum atomic E-state index is 12.3. The average molecular weight is 303 g/mol. The van der Waals surface area contributed by atoms with Crippen molar-refractivity contribution < 1.29 is 4.79 Å². The minimum absolute atomic E-state index is 0.0693. The number of hydrogen-bond donors (Lipinski definition) is 2. The fraction of sp³-hybridized carbons (Fsp3) is 0.438. The van der Waals surface area contributed by atoms with Crippen LogP contribution in [-0.4, -0.2) is 21.7 Å². The second kappa shape index (κ2) is 6.60. The molecule has 0 saturated heterocycles. The van der Waals surface area contributed by atoms with Crippen LogP contribution in [0.15, 0.2) is 33.9 Å². The molecule has 0 aliphatic heterocycles. The maximum absolute atomic E-state index is 12.3. The van der Waals surface area contributed by atoms with Crippen molar-refractivity contribution in [1.82, 2.24) is 15.1 Å². The summed E-state index contributed by atoms with van der Waals surface area (Å²) in [4.78, 5) is 36.1. The summed E-state index contributed by atoms with van der Waals surface area (Å²) in [6, 6.07) is 6.72. The first kappa shape index (κ1) is 16.0. The van der Waals surface area contributed by atoms with Gasteiger partial charge in [0.1, 0.15) is 0 Å². The summed E-state index contributed by atoms with van der Waals surface area (Å²) in [6.07, 6.45) is 0.144. The number of nitrogens with one attached hydrogen (secondary N) is 2. The van der Waals surface area contributed by atoms with Gasteiger partial charge in [-0.1, -0.05) is 26.0 Å². The van der Waals surface area contributed by atoms with E-state index >= 15 is 0 Å². The zero-order valence-corrected chi connectivity index (χ0v) is 13.1. The molecule has 0 bridgehead atoms. The quantitative estimate of drug-likeness (QED) is 0.871. The number of aryl methyl sites for hydroxylation is 1. The average Bonchev–Trinajstić information content (AvgIpc) is 2.49. The molecule has 2 aromatic rings. The SMILES string of the molecule is CC(C)C(C)NC(=O)CCn1[nH]c(=O)c2ccccc2c1=O. The van der Waals surface area contributed by atoms with E-state index in [1.807, 2.05) is 20.8 Å². The number of hydrogen-bond acceptors (Lipinski definition) is 3. The van der Waals surface area contributed by atoms with Gasteiger partial charge in [0.15, 0.2) is 0 Å². The van der Waals surface area contributed by atoms with E-state index in [9.17, 15) is 14.4 Å². The van der Waals surface area contributed by atoms with Crippen molar-refractivity contribution in [3.63, 3.8) is 0 Å². The minimum Gasteiger partial charge on any atom is -0.353 e. The normalized spacial score (nSPS) is 12.5. The van der Waals surface area contributed by atoms with Crippen molar-refractivity contribution in [3.05, 3.63) is 45.0 Å². The summed E-state index contributed by atoms with van der Waals surface area (Å²) in [5, 5.41) is 6.12. The van der Waals surface area contributed by atoms with Gasteiger partial charge in [0.05, 0.1) is 17.3 Å². The van der Waals surface area contributed by atoms with Crippen LogP contribution in [-0.2, 0) is 11.3 Å². The number of H-pyrrole nitrogens is 1. The second-order valence-electron chi connectivity index (χ2n) is 5.79. The molecular formula is C16H21N3O3. The van der Waals surface area contributed by atoms with Crippen LogP contribution in [0.1, 0.15) is 27.2 Å². The van der Waals surface area contributed by atoms with Gasteiger partial charge in [0, 0.05) is 12.5 Å². The molecule has 2 rings (SSSR count). The highest BCUT2D eigenvalue weighted by atomic mass is 16.2. The Kier molecular flexibility index (Phi) is 4.80.